The third-order valence-electron chi connectivity index (χ3n) is 3.67. The molecule has 0 bridgehead atoms. The molecule has 0 aliphatic carbocycles. The van der Waals surface area contributed by atoms with Gasteiger partial charge in [0.15, 0.2) is 0 Å². The average molecular weight is 272 g/mol. The fourth-order valence-electron chi connectivity index (χ4n) is 2.60. The molecule has 3 nitrogen and oxygen atoms in total. The van der Waals surface area contributed by atoms with Crippen molar-refractivity contribution in [3.05, 3.63) is 48.0 Å². The first-order valence-corrected chi connectivity index (χ1v) is 6.79. The van der Waals surface area contributed by atoms with Crippen LogP contribution in [0.4, 0.5) is 0 Å². The summed E-state index contributed by atoms with van der Waals surface area (Å²) in [5.41, 5.74) is 0.771. The third-order valence-corrected chi connectivity index (χ3v) is 3.67. The Morgan fingerprint density at radius 1 is 1.10 bits per heavy atom. The number of aliphatic hydroxyl groups excluding tert-OH is 1. The zero-order valence-corrected chi connectivity index (χ0v) is 12.0. The summed E-state index contributed by atoms with van der Waals surface area (Å²) in [7, 11) is 1.35. The highest BCUT2D eigenvalue weighted by atomic mass is 16.5. The van der Waals surface area contributed by atoms with Crippen LogP contribution in [0.15, 0.2) is 42.5 Å². The van der Waals surface area contributed by atoms with Crippen LogP contribution < -0.4 is 0 Å². The molecule has 2 unspecified atom stereocenters. The van der Waals surface area contributed by atoms with E-state index in [-0.39, 0.29) is 11.9 Å². The normalized spacial score (nSPS) is 14.2. The van der Waals surface area contributed by atoms with Gasteiger partial charge in [-0.25, -0.2) is 0 Å². The molecule has 0 radical (unpaired) electrons. The molecule has 106 valence electrons. The van der Waals surface area contributed by atoms with E-state index < -0.39 is 12.0 Å². The molecule has 2 aromatic carbocycles. The highest BCUT2D eigenvalue weighted by Crippen LogP contribution is 2.33. The van der Waals surface area contributed by atoms with E-state index >= 15 is 0 Å². The monoisotopic (exact) mass is 272 g/mol. The highest BCUT2D eigenvalue weighted by molar-refractivity contribution is 5.86. The molecule has 3 heteroatoms. The summed E-state index contributed by atoms with van der Waals surface area (Å²) in [5, 5.41) is 12.7. The van der Waals surface area contributed by atoms with E-state index in [0.29, 0.717) is 0 Å². The van der Waals surface area contributed by atoms with Crippen molar-refractivity contribution in [1.82, 2.24) is 0 Å². The van der Waals surface area contributed by atoms with Crippen LogP contribution in [0.1, 0.15) is 25.5 Å². The van der Waals surface area contributed by atoms with Gasteiger partial charge in [-0.05, 0) is 22.3 Å². The lowest BCUT2D eigenvalue weighted by atomic mass is 9.85. The Morgan fingerprint density at radius 2 is 1.75 bits per heavy atom. The van der Waals surface area contributed by atoms with Crippen LogP contribution in [-0.4, -0.2) is 18.2 Å². The van der Waals surface area contributed by atoms with E-state index in [9.17, 15) is 9.90 Å². The Morgan fingerprint density at radius 3 is 2.40 bits per heavy atom. The molecule has 1 N–H and O–H groups in total. The second-order valence-electron chi connectivity index (χ2n) is 5.31. The number of aliphatic hydroxyl groups is 1. The molecule has 2 atom stereocenters. The summed E-state index contributed by atoms with van der Waals surface area (Å²) < 4.78 is 4.83. The zero-order chi connectivity index (χ0) is 14.7. The third kappa shape index (κ3) is 2.68. The summed E-state index contributed by atoms with van der Waals surface area (Å²) in [4.78, 5) is 11.9. The summed E-state index contributed by atoms with van der Waals surface area (Å²) in [6.07, 6.45) is -0.867. The lowest BCUT2D eigenvalue weighted by molar-refractivity contribution is -0.151. The van der Waals surface area contributed by atoms with Crippen LogP contribution in [0, 0.1) is 11.8 Å². The molecule has 0 amide bonds. The quantitative estimate of drug-likeness (QED) is 0.868. The van der Waals surface area contributed by atoms with Gasteiger partial charge in [0.2, 0.25) is 0 Å². The predicted molar refractivity (Wildman–Crippen MR) is 79.3 cm³/mol. The van der Waals surface area contributed by atoms with Crippen LogP contribution in [0.5, 0.6) is 0 Å². The molecule has 0 aliphatic heterocycles. The molecule has 20 heavy (non-hydrogen) atoms. The first kappa shape index (κ1) is 14.5. The molecule has 0 spiro atoms. The van der Waals surface area contributed by atoms with Gasteiger partial charge in [-0.1, -0.05) is 56.3 Å². The van der Waals surface area contributed by atoms with Crippen molar-refractivity contribution in [1.29, 1.82) is 0 Å². The molecule has 0 heterocycles. The molecule has 0 saturated heterocycles. The molecule has 0 aliphatic rings. The fraction of sp³-hybridized carbons (Fsp3) is 0.353. The maximum absolute atomic E-state index is 11.9. The Bertz CT molecular complexity index is 599. The van der Waals surface area contributed by atoms with E-state index in [2.05, 4.69) is 0 Å². The van der Waals surface area contributed by atoms with Crippen LogP contribution in [-0.2, 0) is 9.53 Å². The smallest absolute Gasteiger partial charge is 0.311 e. The zero-order valence-electron chi connectivity index (χ0n) is 12.0. The van der Waals surface area contributed by atoms with Crippen molar-refractivity contribution in [3.63, 3.8) is 0 Å². The summed E-state index contributed by atoms with van der Waals surface area (Å²) >= 11 is 0. The van der Waals surface area contributed by atoms with Gasteiger partial charge in [-0.2, -0.15) is 0 Å². The van der Waals surface area contributed by atoms with E-state index in [1.165, 1.54) is 7.11 Å². The molecule has 2 aromatic rings. The standard InChI is InChI=1S/C17H20O3/c1-11(2)15(17(19)20-3)16(18)14-10-6-8-12-7-4-5-9-13(12)14/h4-11,15-16,18H,1-3H3. The number of esters is 1. The maximum atomic E-state index is 11.9. The predicted octanol–water partition coefficient (Wildman–Crippen LogP) is 3.32. The van der Waals surface area contributed by atoms with Crippen LogP contribution in [0.3, 0.4) is 0 Å². The Balaban J connectivity index is 2.49. The SMILES string of the molecule is COC(=O)C(C(C)C)C(O)c1cccc2ccccc12. The number of carbonyl (C=O) groups is 1. The van der Waals surface area contributed by atoms with Crippen molar-refractivity contribution >= 4 is 16.7 Å². The van der Waals surface area contributed by atoms with Crippen molar-refractivity contribution in [2.75, 3.05) is 7.11 Å². The maximum Gasteiger partial charge on any atom is 0.311 e. The molecule has 0 fully saturated rings. The van der Waals surface area contributed by atoms with Gasteiger partial charge < -0.3 is 9.84 Å². The largest absolute Gasteiger partial charge is 0.469 e. The number of rotatable bonds is 4. The number of hydrogen-bond donors (Lipinski definition) is 1. The number of benzene rings is 2. The van der Waals surface area contributed by atoms with Crippen molar-refractivity contribution in [2.24, 2.45) is 11.8 Å². The Kier molecular flexibility index (Phi) is 4.40. The molecule has 0 aromatic heterocycles. The first-order chi connectivity index (χ1) is 9.56. The molecule has 2 rings (SSSR count). The van der Waals surface area contributed by atoms with Crippen LogP contribution in [0.2, 0.25) is 0 Å². The minimum absolute atomic E-state index is 0.00332. The van der Waals surface area contributed by atoms with Gasteiger partial charge in [0, 0.05) is 0 Å². The minimum Gasteiger partial charge on any atom is -0.469 e. The molecular weight excluding hydrogens is 252 g/mol. The van der Waals surface area contributed by atoms with E-state index in [1.807, 2.05) is 56.3 Å². The second kappa shape index (κ2) is 6.06. The highest BCUT2D eigenvalue weighted by Gasteiger charge is 2.32. The summed E-state index contributed by atoms with van der Waals surface area (Å²) in [5.74, 6) is -0.942. The van der Waals surface area contributed by atoms with Crippen LogP contribution in [0.25, 0.3) is 10.8 Å². The van der Waals surface area contributed by atoms with E-state index in [0.717, 1.165) is 16.3 Å². The number of carbonyl (C=O) groups excluding carboxylic acids is 1. The van der Waals surface area contributed by atoms with Gasteiger partial charge in [0.1, 0.15) is 0 Å². The second-order valence-corrected chi connectivity index (χ2v) is 5.31. The van der Waals surface area contributed by atoms with Gasteiger partial charge in [-0.3, -0.25) is 4.79 Å². The minimum atomic E-state index is -0.867. The van der Waals surface area contributed by atoms with Crippen molar-refractivity contribution < 1.29 is 14.6 Å². The number of methoxy groups -OCH3 is 1. The Hall–Kier alpha value is -1.87. The van der Waals surface area contributed by atoms with Gasteiger partial charge in [0.25, 0.3) is 0 Å². The number of ether oxygens (including phenoxy) is 1. The van der Waals surface area contributed by atoms with Gasteiger partial charge in [0.05, 0.1) is 19.1 Å². The lowest BCUT2D eigenvalue weighted by Gasteiger charge is -2.25. The first-order valence-electron chi connectivity index (χ1n) is 6.79. The Labute approximate surface area is 119 Å². The van der Waals surface area contributed by atoms with Crippen LogP contribution >= 0.6 is 0 Å². The topological polar surface area (TPSA) is 46.5 Å². The van der Waals surface area contributed by atoms with Gasteiger partial charge in [-0.15, -0.1) is 0 Å². The average Bonchev–Trinajstić information content (AvgIpc) is 2.46. The van der Waals surface area contributed by atoms with Crippen molar-refractivity contribution in [2.45, 2.75) is 20.0 Å². The summed E-state index contributed by atoms with van der Waals surface area (Å²) in [6, 6.07) is 13.6. The lowest BCUT2D eigenvalue weighted by Crippen LogP contribution is -2.28. The molecule has 0 saturated carbocycles. The summed E-state index contributed by atoms with van der Waals surface area (Å²) in [6.45, 7) is 3.83. The van der Waals surface area contributed by atoms with E-state index in [1.54, 1.807) is 0 Å². The fourth-order valence-corrected chi connectivity index (χ4v) is 2.60. The van der Waals surface area contributed by atoms with E-state index in [4.69, 9.17) is 4.74 Å². The number of hydrogen-bond acceptors (Lipinski definition) is 3. The van der Waals surface area contributed by atoms with Gasteiger partial charge >= 0.3 is 5.97 Å². The number of fused-ring (bicyclic) bond motifs is 1. The molecular formula is C17H20O3. The van der Waals surface area contributed by atoms with Crippen molar-refractivity contribution in [3.8, 4) is 0 Å².